The zero-order chi connectivity index (χ0) is 13.0. The quantitative estimate of drug-likeness (QED) is 0.879. The summed E-state index contributed by atoms with van der Waals surface area (Å²) in [5.74, 6) is 1.56. The second-order valence-corrected chi connectivity index (χ2v) is 4.55. The van der Waals surface area contributed by atoms with Gasteiger partial charge >= 0.3 is 0 Å². The van der Waals surface area contributed by atoms with Gasteiger partial charge in [-0.25, -0.2) is 9.97 Å². The monoisotopic (exact) mass is 310 g/mol. The first-order valence-corrected chi connectivity index (χ1v) is 6.40. The minimum atomic E-state index is 0.771. The van der Waals surface area contributed by atoms with E-state index >= 15 is 0 Å². The molecule has 2 aromatic heterocycles. The highest BCUT2D eigenvalue weighted by molar-refractivity contribution is 9.10. The van der Waals surface area contributed by atoms with Crippen molar-refractivity contribution in [3.63, 3.8) is 0 Å². The van der Waals surface area contributed by atoms with Gasteiger partial charge in [-0.2, -0.15) is 5.10 Å². The molecule has 0 radical (unpaired) electrons. The molecule has 0 bridgehead atoms. The van der Waals surface area contributed by atoms with Gasteiger partial charge < -0.3 is 10.6 Å². The maximum atomic E-state index is 4.20. The second-order valence-electron chi connectivity index (χ2n) is 3.76. The van der Waals surface area contributed by atoms with Crippen LogP contribution >= 0.6 is 15.9 Å². The number of aryl methyl sites for hydroxylation is 1. The van der Waals surface area contributed by atoms with Crippen LogP contribution in [-0.2, 0) is 13.5 Å². The van der Waals surface area contributed by atoms with Crippen LogP contribution in [0.3, 0.4) is 0 Å². The molecule has 0 aliphatic carbocycles. The lowest BCUT2D eigenvalue weighted by atomic mass is 10.3. The third-order valence-corrected chi connectivity index (χ3v) is 3.37. The van der Waals surface area contributed by atoms with Crippen molar-refractivity contribution in [2.24, 2.45) is 7.05 Å². The fraction of sp³-hybridized carbons (Fsp3) is 0.364. The molecule has 6 nitrogen and oxygen atoms in total. The zero-order valence-corrected chi connectivity index (χ0v) is 11.9. The molecule has 96 valence electrons. The first kappa shape index (κ1) is 12.8. The smallest absolute Gasteiger partial charge is 0.145 e. The minimum Gasteiger partial charge on any atom is -0.372 e. The standard InChI is InChI=1S/C11H15BrN6/c1-13-10-9(12)11(16-7-15-10)14-5-3-8-4-6-17-18(8)2/h4,6-7H,3,5H2,1-2H3,(H2,13,14,15,16). The Morgan fingerprint density at radius 1 is 1.33 bits per heavy atom. The van der Waals surface area contributed by atoms with E-state index in [0.29, 0.717) is 0 Å². The molecular weight excluding hydrogens is 296 g/mol. The predicted molar refractivity (Wildman–Crippen MR) is 74.7 cm³/mol. The maximum absolute atomic E-state index is 4.20. The summed E-state index contributed by atoms with van der Waals surface area (Å²) in [7, 11) is 3.77. The summed E-state index contributed by atoms with van der Waals surface area (Å²) in [4.78, 5) is 8.30. The summed E-state index contributed by atoms with van der Waals surface area (Å²) in [6.45, 7) is 0.790. The topological polar surface area (TPSA) is 67.7 Å². The normalized spacial score (nSPS) is 10.4. The van der Waals surface area contributed by atoms with E-state index in [1.165, 1.54) is 12.0 Å². The third kappa shape index (κ3) is 2.79. The van der Waals surface area contributed by atoms with Crippen LogP contribution in [-0.4, -0.2) is 33.3 Å². The van der Waals surface area contributed by atoms with Crippen molar-refractivity contribution >= 4 is 27.6 Å². The van der Waals surface area contributed by atoms with Gasteiger partial charge in [0.25, 0.3) is 0 Å². The van der Waals surface area contributed by atoms with Crippen LogP contribution in [0.25, 0.3) is 0 Å². The van der Waals surface area contributed by atoms with Gasteiger partial charge in [-0.3, -0.25) is 4.68 Å². The van der Waals surface area contributed by atoms with Crippen molar-refractivity contribution in [1.29, 1.82) is 0 Å². The summed E-state index contributed by atoms with van der Waals surface area (Å²) >= 11 is 3.47. The van der Waals surface area contributed by atoms with Crippen LogP contribution in [0.5, 0.6) is 0 Å². The number of rotatable bonds is 5. The van der Waals surface area contributed by atoms with Gasteiger partial charge in [-0.15, -0.1) is 0 Å². The fourth-order valence-electron chi connectivity index (χ4n) is 1.62. The molecule has 0 aromatic carbocycles. The Morgan fingerprint density at radius 3 is 2.78 bits per heavy atom. The van der Waals surface area contributed by atoms with E-state index < -0.39 is 0 Å². The number of nitrogens with one attached hydrogen (secondary N) is 2. The summed E-state index contributed by atoms with van der Waals surface area (Å²) in [5.41, 5.74) is 1.18. The van der Waals surface area contributed by atoms with Gasteiger partial charge in [0.15, 0.2) is 0 Å². The van der Waals surface area contributed by atoms with Crippen molar-refractivity contribution < 1.29 is 0 Å². The second kappa shape index (κ2) is 5.81. The Balaban J connectivity index is 1.96. The Morgan fingerprint density at radius 2 is 2.11 bits per heavy atom. The highest BCUT2D eigenvalue weighted by atomic mass is 79.9. The van der Waals surface area contributed by atoms with E-state index in [2.05, 4.69) is 41.6 Å². The fourth-order valence-corrected chi connectivity index (χ4v) is 2.17. The van der Waals surface area contributed by atoms with Crippen LogP contribution in [0.2, 0.25) is 0 Å². The van der Waals surface area contributed by atoms with Crippen LogP contribution in [0.1, 0.15) is 5.69 Å². The molecule has 0 fully saturated rings. The van der Waals surface area contributed by atoms with Crippen molar-refractivity contribution in [2.45, 2.75) is 6.42 Å². The molecule has 18 heavy (non-hydrogen) atoms. The summed E-state index contributed by atoms with van der Waals surface area (Å²) in [6, 6.07) is 2.01. The van der Waals surface area contributed by atoms with Gasteiger partial charge in [0.1, 0.15) is 22.4 Å². The predicted octanol–water partition coefficient (Wildman–Crippen LogP) is 1.67. The van der Waals surface area contributed by atoms with E-state index in [4.69, 9.17) is 0 Å². The lowest BCUT2D eigenvalue weighted by Crippen LogP contribution is -2.10. The van der Waals surface area contributed by atoms with Crippen molar-refractivity contribution in [1.82, 2.24) is 19.7 Å². The number of aromatic nitrogens is 4. The van der Waals surface area contributed by atoms with E-state index in [-0.39, 0.29) is 0 Å². The largest absolute Gasteiger partial charge is 0.372 e. The highest BCUT2D eigenvalue weighted by Crippen LogP contribution is 2.25. The summed E-state index contributed by atoms with van der Waals surface area (Å²) in [5, 5.41) is 10.4. The molecule has 2 aromatic rings. The first-order valence-electron chi connectivity index (χ1n) is 5.61. The number of hydrogen-bond donors (Lipinski definition) is 2. The molecular formula is C11H15BrN6. The summed E-state index contributed by atoms with van der Waals surface area (Å²) in [6.07, 6.45) is 4.22. The average Bonchev–Trinajstić information content (AvgIpc) is 2.77. The number of halogens is 1. The van der Waals surface area contributed by atoms with Crippen LogP contribution < -0.4 is 10.6 Å². The van der Waals surface area contributed by atoms with Crippen LogP contribution in [0, 0.1) is 0 Å². The molecule has 0 atom stereocenters. The van der Waals surface area contributed by atoms with Crippen LogP contribution in [0.15, 0.2) is 23.1 Å². The maximum Gasteiger partial charge on any atom is 0.145 e. The molecule has 2 N–H and O–H groups in total. The van der Waals surface area contributed by atoms with Gasteiger partial charge in [0.05, 0.1) is 0 Å². The molecule has 0 amide bonds. The number of nitrogens with zero attached hydrogens (tertiary/aromatic N) is 4. The van der Waals surface area contributed by atoms with Gasteiger partial charge in [-0.1, -0.05) is 0 Å². The molecule has 0 unspecified atom stereocenters. The Kier molecular flexibility index (Phi) is 4.14. The average molecular weight is 311 g/mol. The van der Waals surface area contributed by atoms with Crippen molar-refractivity contribution in [3.8, 4) is 0 Å². The zero-order valence-electron chi connectivity index (χ0n) is 10.3. The molecule has 2 rings (SSSR count). The third-order valence-electron chi connectivity index (χ3n) is 2.62. The molecule has 0 saturated carbocycles. The minimum absolute atomic E-state index is 0.771. The van der Waals surface area contributed by atoms with Gasteiger partial charge in [0, 0.05) is 39.0 Å². The SMILES string of the molecule is CNc1ncnc(NCCc2ccnn2C)c1Br. The molecule has 7 heteroatoms. The Hall–Kier alpha value is -1.63. The van der Waals surface area contributed by atoms with E-state index in [9.17, 15) is 0 Å². The summed E-state index contributed by atoms with van der Waals surface area (Å²) < 4.78 is 2.72. The van der Waals surface area contributed by atoms with E-state index in [0.717, 1.165) is 29.1 Å². The van der Waals surface area contributed by atoms with Crippen molar-refractivity contribution in [3.05, 3.63) is 28.8 Å². The number of anilines is 2. The Bertz CT molecular complexity index is 524. The lowest BCUT2D eigenvalue weighted by Gasteiger charge is -2.09. The van der Waals surface area contributed by atoms with Gasteiger partial charge in [0.2, 0.25) is 0 Å². The van der Waals surface area contributed by atoms with Crippen LogP contribution in [0.4, 0.5) is 11.6 Å². The van der Waals surface area contributed by atoms with Crippen molar-refractivity contribution in [2.75, 3.05) is 24.2 Å². The Labute approximate surface area is 114 Å². The number of hydrogen-bond acceptors (Lipinski definition) is 5. The molecule has 0 saturated heterocycles. The molecule has 0 spiro atoms. The lowest BCUT2D eigenvalue weighted by molar-refractivity contribution is 0.711. The highest BCUT2D eigenvalue weighted by Gasteiger charge is 2.07. The molecule has 2 heterocycles. The van der Waals surface area contributed by atoms with E-state index in [1.807, 2.05) is 24.8 Å². The first-order chi connectivity index (χ1) is 8.72. The van der Waals surface area contributed by atoms with E-state index in [1.54, 1.807) is 6.20 Å². The van der Waals surface area contributed by atoms with Gasteiger partial charge in [-0.05, 0) is 22.0 Å². The molecule has 0 aliphatic heterocycles. The molecule has 0 aliphatic rings.